The van der Waals surface area contributed by atoms with Gasteiger partial charge in [0.1, 0.15) is 0 Å². The normalized spacial score (nSPS) is 14.7. The van der Waals surface area contributed by atoms with Crippen LogP contribution < -0.4 is 9.47 Å². The minimum atomic E-state index is 0.319. The second-order valence-corrected chi connectivity index (χ2v) is 5.73. The zero-order valence-electron chi connectivity index (χ0n) is 11.0. The molecule has 0 spiro atoms. The molecule has 0 saturated carbocycles. The van der Waals surface area contributed by atoms with E-state index in [0.29, 0.717) is 11.6 Å². The summed E-state index contributed by atoms with van der Waals surface area (Å²) in [5.74, 6) is 1.65. The summed E-state index contributed by atoms with van der Waals surface area (Å²) < 4.78 is 10.7. The van der Waals surface area contributed by atoms with Crippen molar-refractivity contribution in [2.75, 3.05) is 6.79 Å². The summed E-state index contributed by atoms with van der Waals surface area (Å²) in [5.41, 5.74) is 2.42. The van der Waals surface area contributed by atoms with Crippen molar-refractivity contribution in [3.8, 4) is 11.5 Å². The Morgan fingerprint density at radius 2 is 1.85 bits per heavy atom. The van der Waals surface area contributed by atoms with E-state index in [4.69, 9.17) is 9.47 Å². The molecule has 1 aliphatic heterocycles. The summed E-state index contributed by atoms with van der Waals surface area (Å²) >= 11 is 3.71. The molecule has 0 aromatic heterocycles. The molecule has 3 heteroatoms. The van der Waals surface area contributed by atoms with Gasteiger partial charge in [0.2, 0.25) is 6.79 Å². The van der Waals surface area contributed by atoms with Crippen LogP contribution in [0.1, 0.15) is 22.4 Å². The molecule has 20 heavy (non-hydrogen) atoms. The molecule has 2 nitrogen and oxygen atoms in total. The fourth-order valence-corrected chi connectivity index (χ4v) is 2.66. The molecule has 0 bridgehead atoms. The Labute approximate surface area is 127 Å². The predicted octanol–water partition coefficient (Wildman–Crippen LogP) is 4.95. The summed E-state index contributed by atoms with van der Waals surface area (Å²) in [5, 5.41) is 0. The van der Waals surface area contributed by atoms with E-state index in [9.17, 15) is 0 Å². The molecule has 0 fully saturated rings. The molecule has 0 aliphatic carbocycles. The maximum atomic E-state index is 5.37. The van der Waals surface area contributed by atoms with E-state index in [0.717, 1.165) is 23.5 Å². The zero-order chi connectivity index (χ0) is 13.8. The maximum absolute atomic E-state index is 5.37. The van der Waals surface area contributed by atoms with Crippen LogP contribution in [0.3, 0.4) is 0 Å². The number of hydrogen-bond donors (Lipinski definition) is 0. The Morgan fingerprint density at radius 3 is 2.70 bits per heavy atom. The van der Waals surface area contributed by atoms with Gasteiger partial charge in [-0.3, -0.25) is 0 Å². The number of benzene rings is 2. The summed E-state index contributed by atoms with van der Waals surface area (Å²) in [7, 11) is 0. The van der Waals surface area contributed by atoms with Gasteiger partial charge in [-0.1, -0.05) is 64.5 Å². The molecule has 0 amide bonds. The highest BCUT2D eigenvalue weighted by Crippen LogP contribution is 2.33. The van der Waals surface area contributed by atoms with Gasteiger partial charge in [-0.2, -0.15) is 0 Å². The van der Waals surface area contributed by atoms with Crippen LogP contribution in [0.15, 0.2) is 54.6 Å². The first-order valence-corrected chi connectivity index (χ1v) is 7.50. The summed E-state index contributed by atoms with van der Waals surface area (Å²) in [6.07, 6.45) is 5.22. The molecular weight excluding hydrogens is 316 g/mol. The maximum Gasteiger partial charge on any atom is 0.231 e. The monoisotopic (exact) mass is 330 g/mol. The van der Waals surface area contributed by atoms with Crippen LogP contribution in [0.2, 0.25) is 0 Å². The van der Waals surface area contributed by atoms with E-state index >= 15 is 0 Å². The lowest BCUT2D eigenvalue weighted by Crippen LogP contribution is -1.92. The third kappa shape index (κ3) is 3.05. The van der Waals surface area contributed by atoms with Crippen LogP contribution in [0, 0.1) is 0 Å². The molecule has 102 valence electrons. The topological polar surface area (TPSA) is 18.5 Å². The van der Waals surface area contributed by atoms with E-state index in [1.807, 2.05) is 24.3 Å². The number of halogens is 1. The Bertz CT molecular complexity index is 608. The fraction of sp³-hybridized carbons (Fsp3) is 0.176. The quantitative estimate of drug-likeness (QED) is 0.738. The van der Waals surface area contributed by atoms with Crippen molar-refractivity contribution in [1.82, 2.24) is 0 Å². The molecule has 1 atom stereocenters. The molecule has 2 aromatic rings. The van der Waals surface area contributed by atoms with Crippen molar-refractivity contribution in [3.05, 3.63) is 65.7 Å². The summed E-state index contributed by atoms with van der Waals surface area (Å²) in [6, 6.07) is 16.4. The van der Waals surface area contributed by atoms with Gasteiger partial charge in [-0.25, -0.2) is 0 Å². The molecule has 2 aromatic carbocycles. The molecule has 3 rings (SSSR count). The lowest BCUT2D eigenvalue weighted by atomic mass is 10.1. The molecule has 1 aliphatic rings. The Hall–Kier alpha value is -1.74. The number of ether oxygens (including phenoxy) is 2. The fourth-order valence-electron chi connectivity index (χ4n) is 2.14. The molecule has 0 saturated heterocycles. The van der Waals surface area contributed by atoms with Crippen LogP contribution in [0.5, 0.6) is 11.5 Å². The van der Waals surface area contributed by atoms with Gasteiger partial charge in [0.05, 0.1) is 0 Å². The molecule has 1 unspecified atom stereocenters. The Kier molecular flexibility index (Phi) is 4.07. The average Bonchev–Trinajstić information content (AvgIpc) is 2.95. The SMILES string of the molecule is BrC(C/C=C/c1ccc2c(c1)OCO2)c1ccccc1. The lowest BCUT2D eigenvalue weighted by Gasteiger charge is -2.06. The van der Waals surface area contributed by atoms with Gasteiger partial charge in [0.15, 0.2) is 11.5 Å². The number of hydrogen-bond acceptors (Lipinski definition) is 2. The highest BCUT2D eigenvalue weighted by molar-refractivity contribution is 9.09. The Morgan fingerprint density at radius 1 is 1.05 bits per heavy atom. The zero-order valence-corrected chi connectivity index (χ0v) is 12.5. The smallest absolute Gasteiger partial charge is 0.231 e. The van der Waals surface area contributed by atoms with Crippen LogP contribution in [0.4, 0.5) is 0 Å². The van der Waals surface area contributed by atoms with Gasteiger partial charge >= 0.3 is 0 Å². The molecule has 1 heterocycles. The summed E-state index contributed by atoms with van der Waals surface area (Å²) in [4.78, 5) is 0.342. The minimum Gasteiger partial charge on any atom is -0.454 e. The summed E-state index contributed by atoms with van der Waals surface area (Å²) in [6.45, 7) is 0.319. The van der Waals surface area contributed by atoms with E-state index in [1.54, 1.807) is 0 Å². The standard InChI is InChI=1S/C17H15BrO2/c18-15(14-6-2-1-3-7-14)8-4-5-13-9-10-16-17(11-13)20-12-19-16/h1-7,9-11,15H,8,12H2/b5-4+. The second kappa shape index (κ2) is 6.14. The van der Waals surface area contributed by atoms with Crippen LogP contribution >= 0.6 is 15.9 Å². The highest BCUT2D eigenvalue weighted by Gasteiger charge is 2.12. The first kappa shape index (κ1) is 13.3. The van der Waals surface area contributed by atoms with E-state index in [1.165, 1.54) is 5.56 Å². The first-order chi connectivity index (χ1) is 9.83. The van der Waals surface area contributed by atoms with Gasteiger partial charge in [-0.15, -0.1) is 0 Å². The van der Waals surface area contributed by atoms with E-state index in [-0.39, 0.29) is 0 Å². The number of fused-ring (bicyclic) bond motifs is 1. The lowest BCUT2D eigenvalue weighted by molar-refractivity contribution is 0.174. The molecular formula is C17H15BrO2. The second-order valence-electron chi connectivity index (χ2n) is 4.63. The van der Waals surface area contributed by atoms with Crippen LogP contribution in [-0.4, -0.2) is 6.79 Å². The van der Waals surface area contributed by atoms with Crippen molar-refractivity contribution < 1.29 is 9.47 Å². The van der Waals surface area contributed by atoms with Crippen molar-refractivity contribution in [1.29, 1.82) is 0 Å². The number of alkyl halides is 1. The average molecular weight is 331 g/mol. The molecule has 0 radical (unpaired) electrons. The van der Waals surface area contributed by atoms with Crippen molar-refractivity contribution in [3.63, 3.8) is 0 Å². The van der Waals surface area contributed by atoms with Gasteiger partial charge < -0.3 is 9.47 Å². The molecule has 0 N–H and O–H groups in total. The number of allylic oxidation sites excluding steroid dienone is 1. The third-order valence-corrected chi connectivity index (χ3v) is 4.11. The highest BCUT2D eigenvalue weighted by atomic mass is 79.9. The largest absolute Gasteiger partial charge is 0.454 e. The van der Waals surface area contributed by atoms with Crippen molar-refractivity contribution in [2.24, 2.45) is 0 Å². The van der Waals surface area contributed by atoms with Crippen LogP contribution in [-0.2, 0) is 0 Å². The van der Waals surface area contributed by atoms with Gasteiger partial charge in [0.25, 0.3) is 0 Å². The van der Waals surface area contributed by atoms with E-state index in [2.05, 4.69) is 52.3 Å². The number of rotatable bonds is 4. The third-order valence-electron chi connectivity index (χ3n) is 3.21. The predicted molar refractivity (Wildman–Crippen MR) is 84.3 cm³/mol. The van der Waals surface area contributed by atoms with Gasteiger partial charge in [0, 0.05) is 4.83 Å². The van der Waals surface area contributed by atoms with Crippen molar-refractivity contribution in [2.45, 2.75) is 11.2 Å². The van der Waals surface area contributed by atoms with E-state index < -0.39 is 0 Å². The Balaban J connectivity index is 1.63. The van der Waals surface area contributed by atoms with Gasteiger partial charge in [-0.05, 0) is 29.7 Å². The first-order valence-electron chi connectivity index (χ1n) is 6.58. The van der Waals surface area contributed by atoms with Crippen LogP contribution in [0.25, 0.3) is 6.08 Å². The minimum absolute atomic E-state index is 0.319. The van der Waals surface area contributed by atoms with Crippen molar-refractivity contribution >= 4 is 22.0 Å².